The van der Waals surface area contributed by atoms with Crippen LogP contribution in [0.2, 0.25) is 0 Å². The fourth-order valence-corrected chi connectivity index (χ4v) is 4.47. The molecule has 200 valence electrons. The second kappa shape index (κ2) is 12.3. The molecule has 0 bridgehead atoms. The molecule has 3 aromatic rings. The van der Waals surface area contributed by atoms with Gasteiger partial charge in [-0.3, -0.25) is 0 Å². The van der Waals surface area contributed by atoms with E-state index in [0.29, 0.717) is 41.7 Å². The highest BCUT2D eigenvalue weighted by atomic mass is 19.4. The third kappa shape index (κ3) is 7.06. The van der Waals surface area contributed by atoms with Gasteiger partial charge in [-0.05, 0) is 54.0 Å². The molecule has 3 aromatic carbocycles. The van der Waals surface area contributed by atoms with Gasteiger partial charge in [0.05, 0.1) is 18.8 Å². The molecule has 1 aliphatic heterocycles. The lowest BCUT2D eigenvalue weighted by molar-refractivity contribution is -0.230. The van der Waals surface area contributed by atoms with E-state index < -0.39 is 29.7 Å². The summed E-state index contributed by atoms with van der Waals surface area (Å²) < 4.78 is 84.8. The van der Waals surface area contributed by atoms with E-state index in [1.54, 1.807) is 24.3 Å². The topological polar surface area (TPSA) is 27.7 Å². The molecule has 1 aliphatic rings. The number of rotatable bonds is 10. The van der Waals surface area contributed by atoms with Crippen molar-refractivity contribution in [3.63, 3.8) is 0 Å². The van der Waals surface area contributed by atoms with E-state index in [1.807, 2.05) is 6.07 Å². The van der Waals surface area contributed by atoms with Crippen molar-refractivity contribution in [2.75, 3.05) is 19.8 Å². The molecule has 0 atom stereocenters. The second-order valence-electron chi connectivity index (χ2n) is 9.38. The van der Waals surface area contributed by atoms with Crippen molar-refractivity contribution >= 4 is 10.8 Å². The van der Waals surface area contributed by atoms with Crippen molar-refractivity contribution < 1.29 is 36.2 Å². The van der Waals surface area contributed by atoms with Crippen molar-refractivity contribution in [2.24, 2.45) is 0 Å². The molecule has 0 N–H and O–H groups in total. The van der Waals surface area contributed by atoms with Gasteiger partial charge in [0.2, 0.25) is 0 Å². The third-order valence-electron chi connectivity index (χ3n) is 6.57. The van der Waals surface area contributed by atoms with Crippen LogP contribution in [0.5, 0.6) is 0 Å². The summed E-state index contributed by atoms with van der Waals surface area (Å²) in [5.74, 6) is -1.73. The van der Waals surface area contributed by atoms with Crippen molar-refractivity contribution in [1.29, 1.82) is 0 Å². The predicted molar refractivity (Wildman–Crippen MR) is 131 cm³/mol. The number of hydrogen-bond acceptors (Lipinski definition) is 3. The number of fused-ring (bicyclic) bond motifs is 1. The van der Waals surface area contributed by atoms with Gasteiger partial charge in [0.15, 0.2) is 6.29 Å². The van der Waals surface area contributed by atoms with Crippen molar-refractivity contribution in [1.82, 2.24) is 0 Å². The Balaban J connectivity index is 1.35. The normalized spacial score (nSPS) is 18.4. The zero-order valence-corrected chi connectivity index (χ0v) is 20.8. The van der Waals surface area contributed by atoms with Gasteiger partial charge >= 0.3 is 6.18 Å². The highest BCUT2D eigenvalue weighted by Gasteiger charge is 2.33. The first-order valence-corrected chi connectivity index (χ1v) is 12.7. The number of aryl methyl sites for hydroxylation is 2. The smallest absolute Gasteiger partial charge is 0.373 e. The first-order valence-electron chi connectivity index (χ1n) is 12.7. The maximum atomic E-state index is 15.2. The molecule has 0 amide bonds. The summed E-state index contributed by atoms with van der Waals surface area (Å²) in [6.07, 6.45) is -0.417. The van der Waals surface area contributed by atoms with Crippen LogP contribution in [0, 0.1) is 11.6 Å². The molecule has 4 rings (SSSR count). The van der Waals surface area contributed by atoms with Gasteiger partial charge in [0.25, 0.3) is 0 Å². The molecule has 1 heterocycles. The maximum absolute atomic E-state index is 15.2. The van der Waals surface area contributed by atoms with Gasteiger partial charge in [-0.15, -0.1) is 0 Å². The van der Waals surface area contributed by atoms with Crippen LogP contribution in [0.1, 0.15) is 61.2 Å². The fourth-order valence-electron chi connectivity index (χ4n) is 4.47. The highest BCUT2D eigenvalue weighted by molar-refractivity contribution is 5.84. The maximum Gasteiger partial charge on any atom is 0.419 e. The van der Waals surface area contributed by atoms with E-state index in [1.165, 1.54) is 18.9 Å². The molecule has 0 spiro atoms. The van der Waals surface area contributed by atoms with E-state index in [0.717, 1.165) is 30.5 Å². The molecule has 0 aromatic heterocycles. The van der Waals surface area contributed by atoms with Gasteiger partial charge in [-0.2, -0.15) is 13.2 Å². The highest BCUT2D eigenvalue weighted by Crippen LogP contribution is 2.32. The first-order chi connectivity index (χ1) is 17.8. The average Bonchev–Trinajstić information content (AvgIpc) is 2.87. The van der Waals surface area contributed by atoms with E-state index in [-0.39, 0.29) is 18.9 Å². The van der Waals surface area contributed by atoms with Gasteiger partial charge in [-0.25, -0.2) is 8.78 Å². The number of hydrogen-bond donors (Lipinski definition) is 0. The summed E-state index contributed by atoms with van der Waals surface area (Å²) in [7, 11) is 0. The van der Waals surface area contributed by atoms with Crippen molar-refractivity contribution in [2.45, 2.75) is 64.0 Å². The molecule has 0 radical (unpaired) electrons. The lowest BCUT2D eigenvalue weighted by Gasteiger charge is -2.29. The Morgan fingerprint density at radius 1 is 0.892 bits per heavy atom. The molecule has 8 heteroatoms. The van der Waals surface area contributed by atoms with E-state index in [4.69, 9.17) is 14.2 Å². The summed E-state index contributed by atoms with van der Waals surface area (Å²) in [5, 5.41) is 1.10. The fraction of sp³-hybridized carbons (Fsp3) is 0.448. The summed E-state index contributed by atoms with van der Waals surface area (Å²) in [4.78, 5) is 0. The van der Waals surface area contributed by atoms with E-state index in [9.17, 15) is 17.6 Å². The largest absolute Gasteiger partial charge is 0.419 e. The minimum Gasteiger partial charge on any atom is -0.373 e. The SMILES string of the molecule is CCCCCCOC1COC(c2ccc3c(F)c(CCc4ccc(C(F)(F)F)c(F)c4)ccc3c2)OC1. The molecular weight excluding hydrogens is 491 g/mol. The van der Waals surface area contributed by atoms with Crippen LogP contribution in [0.4, 0.5) is 22.0 Å². The molecule has 1 saturated heterocycles. The predicted octanol–water partition coefficient (Wildman–Crippen LogP) is 7.93. The molecular formula is C29H31F5O3. The minimum absolute atomic E-state index is 0.100. The van der Waals surface area contributed by atoms with Crippen LogP contribution < -0.4 is 0 Å². The number of halogens is 5. The molecule has 0 aliphatic carbocycles. The second-order valence-corrected chi connectivity index (χ2v) is 9.38. The van der Waals surface area contributed by atoms with Crippen LogP contribution in [0.15, 0.2) is 48.5 Å². The van der Waals surface area contributed by atoms with Gasteiger partial charge in [-0.1, -0.05) is 56.5 Å². The summed E-state index contributed by atoms with van der Waals surface area (Å²) in [6, 6.07) is 11.5. The molecule has 1 fully saturated rings. The van der Waals surface area contributed by atoms with Crippen molar-refractivity contribution in [3.8, 4) is 0 Å². The Labute approximate surface area is 213 Å². The number of unbranched alkanes of at least 4 members (excludes halogenated alkanes) is 3. The van der Waals surface area contributed by atoms with Crippen LogP contribution >= 0.6 is 0 Å². The number of benzene rings is 3. The summed E-state index contributed by atoms with van der Waals surface area (Å²) >= 11 is 0. The van der Waals surface area contributed by atoms with Crippen LogP contribution in [-0.2, 0) is 33.2 Å². The van der Waals surface area contributed by atoms with E-state index in [2.05, 4.69) is 6.92 Å². The van der Waals surface area contributed by atoms with Gasteiger partial charge in [0, 0.05) is 17.6 Å². The Kier molecular flexibility index (Phi) is 9.16. The Bertz CT molecular complexity index is 1190. The minimum atomic E-state index is -4.75. The van der Waals surface area contributed by atoms with Gasteiger partial charge in [0.1, 0.15) is 17.7 Å². The Morgan fingerprint density at radius 2 is 1.68 bits per heavy atom. The summed E-state index contributed by atoms with van der Waals surface area (Å²) in [5.41, 5.74) is 0.251. The molecule has 37 heavy (non-hydrogen) atoms. The third-order valence-corrected chi connectivity index (χ3v) is 6.57. The number of alkyl halides is 3. The monoisotopic (exact) mass is 522 g/mol. The zero-order chi connectivity index (χ0) is 26.4. The lowest BCUT2D eigenvalue weighted by atomic mass is 9.98. The van der Waals surface area contributed by atoms with Crippen LogP contribution in [-0.4, -0.2) is 25.9 Å². The molecule has 0 unspecified atom stereocenters. The standard InChI is InChI=1S/C29H31F5O3/c1-2-3-4-5-14-35-23-17-36-28(37-18-23)22-11-12-24-21(16-22)10-9-20(27(24)31)8-6-19-7-13-25(26(30)15-19)29(32,33)34/h7,9-13,15-16,23,28H,2-6,8,14,17-18H2,1H3. The Hall–Kier alpha value is -2.55. The number of ether oxygens (including phenoxy) is 3. The quantitative estimate of drug-likeness (QED) is 0.200. The molecule has 3 nitrogen and oxygen atoms in total. The Morgan fingerprint density at radius 3 is 2.38 bits per heavy atom. The van der Waals surface area contributed by atoms with Crippen molar-refractivity contribution in [3.05, 3.63) is 82.4 Å². The van der Waals surface area contributed by atoms with Gasteiger partial charge < -0.3 is 14.2 Å². The first kappa shape index (κ1) is 27.5. The van der Waals surface area contributed by atoms with E-state index >= 15 is 4.39 Å². The summed E-state index contributed by atoms with van der Waals surface area (Å²) in [6.45, 7) is 3.70. The average molecular weight is 523 g/mol. The molecule has 0 saturated carbocycles. The zero-order valence-electron chi connectivity index (χ0n) is 20.8. The van der Waals surface area contributed by atoms with Crippen LogP contribution in [0.25, 0.3) is 10.8 Å². The lowest BCUT2D eigenvalue weighted by Crippen LogP contribution is -2.33. The van der Waals surface area contributed by atoms with Crippen LogP contribution in [0.3, 0.4) is 0 Å².